The Morgan fingerprint density at radius 2 is 1.79 bits per heavy atom. The molecule has 0 unspecified atom stereocenters. The molecule has 5 nitrogen and oxygen atoms in total. The van der Waals surface area contributed by atoms with Crippen LogP contribution >= 0.6 is 56.5 Å². The zero-order valence-electron chi connectivity index (χ0n) is 23.2. The molecule has 1 aliphatic heterocycles. The Hall–Kier alpha value is -3.22. The van der Waals surface area contributed by atoms with Gasteiger partial charge in [0.25, 0.3) is 5.56 Å². The van der Waals surface area contributed by atoms with Crippen LogP contribution < -0.4 is 24.4 Å². The van der Waals surface area contributed by atoms with Gasteiger partial charge in [0.05, 0.1) is 27.0 Å². The van der Waals surface area contributed by atoms with Crippen LogP contribution in [0.3, 0.4) is 0 Å². The lowest BCUT2D eigenvalue weighted by Gasteiger charge is -2.31. The molecule has 2 aliphatic rings. The number of hydrogen-bond donors (Lipinski definition) is 0. The molecule has 1 aliphatic carbocycles. The van der Waals surface area contributed by atoms with Gasteiger partial charge in [-0.25, -0.2) is 4.99 Å². The van der Waals surface area contributed by atoms with Crippen LogP contribution in [0.25, 0.3) is 11.8 Å². The van der Waals surface area contributed by atoms with Crippen molar-refractivity contribution in [3.63, 3.8) is 0 Å². The number of thiazole rings is 1. The fourth-order valence-electron chi connectivity index (χ4n) is 5.84. The van der Waals surface area contributed by atoms with Gasteiger partial charge in [0, 0.05) is 14.7 Å². The van der Waals surface area contributed by atoms with Gasteiger partial charge < -0.3 is 9.47 Å². The van der Waals surface area contributed by atoms with Crippen molar-refractivity contribution in [2.45, 2.75) is 25.5 Å². The molecule has 1 aromatic heterocycles. The highest BCUT2D eigenvalue weighted by molar-refractivity contribution is 14.1. The van der Waals surface area contributed by atoms with Crippen molar-refractivity contribution in [2.75, 3.05) is 7.11 Å². The molecule has 7 rings (SSSR count). The smallest absolute Gasteiger partial charge is 0.271 e. The van der Waals surface area contributed by atoms with Crippen molar-refractivity contribution in [1.82, 2.24) is 4.57 Å². The summed E-state index contributed by atoms with van der Waals surface area (Å²) >= 11 is 6.07. The molecule has 2 heterocycles. The van der Waals surface area contributed by atoms with Gasteiger partial charge in [0.15, 0.2) is 4.80 Å². The number of ether oxygens (including phenoxy) is 2. The van der Waals surface area contributed by atoms with Crippen molar-refractivity contribution < 1.29 is 9.47 Å². The quantitative estimate of drug-likeness (QED) is 0.172. The second-order valence-electron chi connectivity index (χ2n) is 10.5. The first-order valence-corrected chi connectivity index (χ1v) is 16.9. The molecule has 0 N–H and O–H groups in total. The van der Waals surface area contributed by atoms with E-state index in [1.165, 1.54) is 22.5 Å². The lowest BCUT2D eigenvalue weighted by molar-refractivity contribution is 0.303. The molecular weight excluding hydrogens is 782 g/mol. The molecule has 0 fully saturated rings. The average molecular weight is 808 g/mol. The highest BCUT2D eigenvalue weighted by atomic mass is 127. The Labute approximate surface area is 280 Å². The van der Waals surface area contributed by atoms with E-state index in [2.05, 4.69) is 99.8 Å². The fourth-order valence-corrected chi connectivity index (χ4v) is 8.88. The van der Waals surface area contributed by atoms with Crippen LogP contribution in [0, 0.1) is 7.14 Å². The van der Waals surface area contributed by atoms with Gasteiger partial charge in [-0.2, -0.15) is 0 Å². The molecule has 1 atom stereocenters. The Balaban J connectivity index is 1.41. The number of rotatable bonds is 6. The summed E-state index contributed by atoms with van der Waals surface area (Å²) < 4.78 is 16.5. The number of aryl methyl sites for hydroxylation is 1. The number of aromatic nitrogens is 1. The van der Waals surface area contributed by atoms with Crippen LogP contribution in [-0.4, -0.2) is 11.7 Å². The van der Waals surface area contributed by atoms with Crippen LogP contribution in [0.5, 0.6) is 11.5 Å². The second kappa shape index (κ2) is 12.0. The lowest BCUT2D eigenvalue weighted by atomic mass is 9.83. The first kappa shape index (κ1) is 28.5. The van der Waals surface area contributed by atoms with Gasteiger partial charge in [0.2, 0.25) is 0 Å². The lowest BCUT2D eigenvalue weighted by Crippen LogP contribution is -2.38. The number of allylic oxidation sites excluding steroid dienone is 1. The number of halogens is 2. The number of nitrogens with zero attached hydrogens (tertiary/aromatic N) is 2. The number of methoxy groups -OCH3 is 1. The largest absolute Gasteiger partial charge is 0.497 e. The third kappa shape index (κ3) is 5.49. The van der Waals surface area contributed by atoms with E-state index in [9.17, 15) is 4.79 Å². The predicted molar refractivity (Wildman–Crippen MR) is 188 cm³/mol. The first-order chi connectivity index (χ1) is 21.0. The van der Waals surface area contributed by atoms with E-state index in [1.54, 1.807) is 7.11 Å². The maximum absolute atomic E-state index is 14.3. The van der Waals surface area contributed by atoms with Crippen molar-refractivity contribution in [2.24, 2.45) is 4.99 Å². The van der Waals surface area contributed by atoms with E-state index in [0.717, 1.165) is 59.4 Å². The van der Waals surface area contributed by atoms with Crippen LogP contribution in [0.1, 0.15) is 40.3 Å². The van der Waals surface area contributed by atoms with E-state index < -0.39 is 0 Å². The van der Waals surface area contributed by atoms with Crippen LogP contribution in [-0.2, 0) is 13.0 Å². The number of hydrogen-bond acceptors (Lipinski definition) is 5. The summed E-state index contributed by atoms with van der Waals surface area (Å²) in [6.07, 6.45) is 3.72. The Morgan fingerprint density at radius 1 is 0.977 bits per heavy atom. The second-order valence-corrected chi connectivity index (χ2v) is 13.9. The van der Waals surface area contributed by atoms with Crippen molar-refractivity contribution in [1.29, 1.82) is 0 Å². The Kier molecular flexibility index (Phi) is 8.00. The van der Waals surface area contributed by atoms with Gasteiger partial charge in [-0.15, -0.1) is 0 Å². The third-order valence-corrected chi connectivity index (χ3v) is 10.2. The van der Waals surface area contributed by atoms with Crippen LogP contribution in [0.2, 0.25) is 0 Å². The van der Waals surface area contributed by atoms with E-state index in [0.29, 0.717) is 15.9 Å². The molecule has 5 aromatic rings. The molecule has 0 bridgehead atoms. The average Bonchev–Trinajstić information content (AvgIpc) is 3.33. The van der Waals surface area contributed by atoms with Crippen LogP contribution in [0.15, 0.2) is 106 Å². The normalized spacial score (nSPS) is 15.8. The highest BCUT2D eigenvalue weighted by Crippen LogP contribution is 2.41. The van der Waals surface area contributed by atoms with E-state index in [4.69, 9.17) is 14.5 Å². The summed E-state index contributed by atoms with van der Waals surface area (Å²) in [6, 6.07) is 30.5. The minimum absolute atomic E-state index is 0.0511. The SMILES string of the molecule is COc1cccc([C@@H]2C3=C(N=c4s/c(=C/c5cc(I)cc(I)c5OCc5ccccc5)c(=O)n42)c2ccccc2CC3)c1. The maximum Gasteiger partial charge on any atom is 0.271 e. The Bertz CT molecular complexity index is 2080. The zero-order valence-corrected chi connectivity index (χ0v) is 28.4. The summed E-state index contributed by atoms with van der Waals surface area (Å²) in [5.41, 5.74) is 7.53. The highest BCUT2D eigenvalue weighted by Gasteiger charge is 2.32. The predicted octanol–water partition coefficient (Wildman–Crippen LogP) is 7.12. The van der Waals surface area contributed by atoms with Gasteiger partial charge in [-0.05, 0) is 111 Å². The van der Waals surface area contributed by atoms with Crippen molar-refractivity contribution >= 4 is 68.3 Å². The van der Waals surface area contributed by atoms with Crippen molar-refractivity contribution in [3.05, 3.63) is 151 Å². The van der Waals surface area contributed by atoms with E-state index in [1.807, 2.05) is 47.0 Å². The molecule has 214 valence electrons. The molecular formula is C35H26I2N2O3S. The van der Waals surface area contributed by atoms with Gasteiger partial charge >= 0.3 is 0 Å². The summed E-state index contributed by atoms with van der Waals surface area (Å²) in [6.45, 7) is 0.446. The third-order valence-electron chi connectivity index (χ3n) is 7.83. The molecule has 43 heavy (non-hydrogen) atoms. The number of benzene rings is 4. The molecule has 0 radical (unpaired) electrons. The molecule has 0 saturated carbocycles. The van der Waals surface area contributed by atoms with Gasteiger partial charge in [-0.3, -0.25) is 9.36 Å². The first-order valence-electron chi connectivity index (χ1n) is 13.9. The molecule has 0 saturated heterocycles. The fraction of sp³-hybridized carbons (Fsp3) is 0.143. The minimum atomic E-state index is -0.262. The topological polar surface area (TPSA) is 52.8 Å². The van der Waals surface area contributed by atoms with Gasteiger partial charge in [-0.1, -0.05) is 78.1 Å². The van der Waals surface area contributed by atoms with Crippen LogP contribution in [0.4, 0.5) is 0 Å². The summed E-state index contributed by atoms with van der Waals surface area (Å²) in [5.74, 6) is 1.54. The summed E-state index contributed by atoms with van der Waals surface area (Å²) in [7, 11) is 1.67. The van der Waals surface area contributed by atoms with E-state index in [-0.39, 0.29) is 11.6 Å². The minimum Gasteiger partial charge on any atom is -0.497 e. The number of fused-ring (bicyclic) bond motifs is 3. The molecule has 0 spiro atoms. The Morgan fingerprint density at radius 3 is 2.63 bits per heavy atom. The van der Waals surface area contributed by atoms with Gasteiger partial charge in [0.1, 0.15) is 18.1 Å². The molecule has 4 aromatic carbocycles. The molecule has 0 amide bonds. The zero-order chi connectivity index (χ0) is 29.5. The summed E-state index contributed by atoms with van der Waals surface area (Å²) in [5, 5.41) is 0. The maximum atomic E-state index is 14.3. The van der Waals surface area contributed by atoms with E-state index >= 15 is 0 Å². The monoisotopic (exact) mass is 808 g/mol. The summed E-state index contributed by atoms with van der Waals surface area (Å²) in [4.78, 5) is 20.2. The van der Waals surface area contributed by atoms with Crippen molar-refractivity contribution in [3.8, 4) is 11.5 Å². The standard InChI is InChI=1S/C35H26I2N2O3S/c1-41-26-12-7-11-23(17-26)32-28-15-14-22-10-5-6-13-27(22)31(28)38-35-39(32)34(40)30(43-35)18-24-16-25(36)19-29(37)33(24)42-20-21-8-3-2-4-9-21/h2-13,16-19,32H,14-15,20H2,1H3/b30-18+/t32-/m1/s1. The molecule has 8 heteroatoms.